The molecule has 0 amide bonds. The van der Waals surface area contributed by atoms with Crippen LogP contribution in [0.2, 0.25) is 0 Å². The second-order valence-corrected chi connectivity index (χ2v) is 4.30. The van der Waals surface area contributed by atoms with E-state index < -0.39 is 16.9 Å². The highest BCUT2D eigenvalue weighted by molar-refractivity contribution is 5.99. The number of carbonyl (C=O) groups is 2. The van der Waals surface area contributed by atoms with Gasteiger partial charge in [-0.3, -0.25) is 10.1 Å². The van der Waals surface area contributed by atoms with Gasteiger partial charge in [0.25, 0.3) is 5.69 Å². The first-order chi connectivity index (χ1) is 11.4. The molecule has 0 spiro atoms. The van der Waals surface area contributed by atoms with Gasteiger partial charge in [0.2, 0.25) is 0 Å². The highest BCUT2D eigenvalue weighted by Crippen LogP contribution is 2.30. The fourth-order valence-corrected chi connectivity index (χ4v) is 1.70. The Morgan fingerprint density at radius 3 is 2.46 bits per heavy atom. The molecule has 1 aromatic carbocycles. The van der Waals surface area contributed by atoms with Crippen molar-refractivity contribution in [2.24, 2.45) is 0 Å². The minimum absolute atomic E-state index is 0.00408. The predicted octanol–water partition coefficient (Wildman–Crippen LogP) is 2.03. The Hall–Kier alpha value is -3.10. The quantitative estimate of drug-likeness (QED) is 0.331. The van der Waals surface area contributed by atoms with E-state index >= 15 is 0 Å². The van der Waals surface area contributed by atoms with E-state index in [1.54, 1.807) is 13.8 Å². The van der Waals surface area contributed by atoms with E-state index in [-0.39, 0.29) is 36.0 Å². The van der Waals surface area contributed by atoms with Crippen LogP contribution in [0.15, 0.2) is 30.0 Å². The van der Waals surface area contributed by atoms with Crippen LogP contribution in [-0.4, -0.2) is 37.2 Å². The van der Waals surface area contributed by atoms with Gasteiger partial charge in [0.15, 0.2) is 0 Å². The number of hydrogen-bond donors (Lipinski definition) is 1. The van der Waals surface area contributed by atoms with Crippen LogP contribution in [0.25, 0.3) is 0 Å². The van der Waals surface area contributed by atoms with Crippen molar-refractivity contribution in [3.8, 4) is 5.75 Å². The second kappa shape index (κ2) is 9.13. The van der Waals surface area contributed by atoms with E-state index in [4.69, 9.17) is 14.2 Å². The van der Waals surface area contributed by atoms with Crippen molar-refractivity contribution in [2.45, 2.75) is 13.8 Å². The summed E-state index contributed by atoms with van der Waals surface area (Å²) in [6, 6.07) is 4.02. The van der Waals surface area contributed by atoms with Gasteiger partial charge in [-0.2, -0.15) is 0 Å². The maximum Gasteiger partial charge on any atom is 0.355 e. The van der Waals surface area contributed by atoms with Crippen molar-refractivity contribution in [3.05, 3.63) is 40.1 Å². The van der Waals surface area contributed by atoms with Crippen molar-refractivity contribution in [1.29, 1.82) is 0 Å². The lowest BCUT2D eigenvalue weighted by Gasteiger charge is -2.11. The van der Waals surface area contributed by atoms with Crippen LogP contribution in [0.3, 0.4) is 0 Å². The predicted molar refractivity (Wildman–Crippen MR) is 84.6 cm³/mol. The number of nitro groups is 1. The van der Waals surface area contributed by atoms with Gasteiger partial charge >= 0.3 is 11.9 Å². The zero-order valence-electron chi connectivity index (χ0n) is 13.5. The molecular weight excluding hydrogens is 320 g/mol. The van der Waals surface area contributed by atoms with Crippen molar-refractivity contribution in [3.63, 3.8) is 0 Å². The lowest BCUT2D eigenvalue weighted by molar-refractivity contribution is -0.384. The summed E-state index contributed by atoms with van der Waals surface area (Å²) in [5.74, 6) is -1.33. The highest BCUT2D eigenvalue weighted by atomic mass is 16.6. The standard InChI is InChI=1S/C15H18N2O7/c1-4-23-14(18)9-12(15(19)24-5-2)16-11-7-6-10(22-3)8-13(11)17(20)21/h6-9,16H,4-5H2,1-3H3. The first kappa shape index (κ1) is 18.9. The molecule has 1 N–H and O–H groups in total. The number of nitrogens with one attached hydrogen (secondary N) is 1. The molecule has 0 unspecified atom stereocenters. The SMILES string of the molecule is CCOC(=O)C=C(Nc1ccc(OC)cc1[N+](=O)[O-])C(=O)OCC. The van der Waals surface area contributed by atoms with Crippen LogP contribution in [0.5, 0.6) is 5.75 Å². The molecule has 130 valence electrons. The summed E-state index contributed by atoms with van der Waals surface area (Å²) in [5, 5.41) is 13.7. The summed E-state index contributed by atoms with van der Waals surface area (Å²) in [5.41, 5.74) is -0.596. The van der Waals surface area contributed by atoms with E-state index in [1.807, 2.05) is 0 Å². The number of rotatable bonds is 8. The Kier molecular flexibility index (Phi) is 7.21. The smallest absolute Gasteiger partial charge is 0.355 e. The molecular formula is C15H18N2O7. The topological polar surface area (TPSA) is 117 Å². The van der Waals surface area contributed by atoms with Gasteiger partial charge in [0.05, 0.1) is 37.4 Å². The molecule has 9 nitrogen and oxygen atoms in total. The van der Waals surface area contributed by atoms with Crippen LogP contribution in [0, 0.1) is 10.1 Å². The Labute approximate surface area is 138 Å². The Bertz CT molecular complexity index is 655. The number of nitro benzene ring substituents is 1. The summed E-state index contributed by atoms with van der Waals surface area (Å²) in [4.78, 5) is 34.0. The van der Waals surface area contributed by atoms with Crippen LogP contribution in [0.4, 0.5) is 11.4 Å². The summed E-state index contributed by atoms with van der Waals surface area (Å²) in [7, 11) is 1.37. The molecule has 0 heterocycles. The average molecular weight is 338 g/mol. The lowest BCUT2D eigenvalue weighted by Crippen LogP contribution is -2.17. The van der Waals surface area contributed by atoms with Gasteiger partial charge in [-0.25, -0.2) is 9.59 Å². The number of methoxy groups -OCH3 is 1. The number of ether oxygens (including phenoxy) is 3. The fourth-order valence-electron chi connectivity index (χ4n) is 1.70. The van der Waals surface area contributed by atoms with E-state index in [1.165, 1.54) is 25.3 Å². The van der Waals surface area contributed by atoms with Crippen molar-refractivity contribution in [2.75, 3.05) is 25.6 Å². The molecule has 0 aromatic heterocycles. The Balaban J connectivity index is 3.20. The molecule has 0 saturated heterocycles. The third-order valence-corrected chi connectivity index (χ3v) is 2.72. The Morgan fingerprint density at radius 2 is 1.92 bits per heavy atom. The summed E-state index contributed by atoms with van der Waals surface area (Å²) in [6.45, 7) is 3.40. The first-order valence-corrected chi connectivity index (χ1v) is 7.07. The second-order valence-electron chi connectivity index (χ2n) is 4.30. The highest BCUT2D eigenvalue weighted by Gasteiger charge is 2.20. The molecule has 0 aliphatic carbocycles. The summed E-state index contributed by atoms with van der Waals surface area (Å²) < 4.78 is 14.5. The zero-order valence-corrected chi connectivity index (χ0v) is 13.5. The van der Waals surface area contributed by atoms with Crippen LogP contribution < -0.4 is 10.1 Å². The van der Waals surface area contributed by atoms with Crippen LogP contribution in [0.1, 0.15) is 13.8 Å². The molecule has 0 bridgehead atoms. The van der Waals surface area contributed by atoms with Crippen molar-refractivity contribution < 1.29 is 28.7 Å². The number of hydrogen-bond acceptors (Lipinski definition) is 8. The molecule has 0 radical (unpaired) electrons. The van der Waals surface area contributed by atoms with Crippen molar-refractivity contribution in [1.82, 2.24) is 0 Å². The maximum atomic E-state index is 11.9. The van der Waals surface area contributed by atoms with Gasteiger partial charge in [0, 0.05) is 0 Å². The number of nitrogens with zero attached hydrogens (tertiary/aromatic N) is 1. The molecule has 9 heteroatoms. The fraction of sp³-hybridized carbons (Fsp3) is 0.333. The summed E-state index contributed by atoms with van der Waals surface area (Å²) in [6.07, 6.45) is 0.884. The van der Waals surface area contributed by atoms with E-state index in [2.05, 4.69) is 5.32 Å². The van der Waals surface area contributed by atoms with Gasteiger partial charge < -0.3 is 19.5 Å². The molecule has 0 aliphatic heterocycles. The summed E-state index contributed by atoms with van der Waals surface area (Å²) >= 11 is 0. The third kappa shape index (κ3) is 5.27. The monoisotopic (exact) mass is 338 g/mol. The first-order valence-electron chi connectivity index (χ1n) is 7.07. The average Bonchev–Trinajstić information content (AvgIpc) is 2.54. The molecule has 0 saturated carbocycles. The molecule has 0 aliphatic rings. The molecule has 24 heavy (non-hydrogen) atoms. The normalized spacial score (nSPS) is 10.7. The van der Waals surface area contributed by atoms with E-state index in [9.17, 15) is 19.7 Å². The number of anilines is 1. The maximum absolute atomic E-state index is 11.9. The third-order valence-electron chi connectivity index (χ3n) is 2.72. The van der Waals surface area contributed by atoms with Crippen LogP contribution in [-0.2, 0) is 19.1 Å². The number of benzene rings is 1. The molecule has 1 aromatic rings. The Morgan fingerprint density at radius 1 is 1.25 bits per heavy atom. The molecule has 1 rings (SSSR count). The van der Waals surface area contributed by atoms with Gasteiger partial charge in [-0.05, 0) is 26.0 Å². The molecule has 0 atom stereocenters. The largest absolute Gasteiger partial charge is 0.496 e. The molecule has 0 fully saturated rings. The van der Waals surface area contributed by atoms with E-state index in [0.29, 0.717) is 0 Å². The van der Waals surface area contributed by atoms with Crippen LogP contribution >= 0.6 is 0 Å². The number of esters is 2. The lowest BCUT2D eigenvalue weighted by atomic mass is 10.2. The van der Waals surface area contributed by atoms with E-state index in [0.717, 1.165) is 6.08 Å². The number of carbonyl (C=O) groups excluding carboxylic acids is 2. The minimum Gasteiger partial charge on any atom is -0.496 e. The van der Waals surface area contributed by atoms with Crippen molar-refractivity contribution >= 4 is 23.3 Å². The van der Waals surface area contributed by atoms with Gasteiger partial charge in [-0.1, -0.05) is 0 Å². The zero-order chi connectivity index (χ0) is 18.1. The van der Waals surface area contributed by atoms with Gasteiger partial charge in [-0.15, -0.1) is 0 Å². The van der Waals surface area contributed by atoms with Gasteiger partial charge in [0.1, 0.15) is 17.1 Å². The minimum atomic E-state index is -0.837.